The molecule has 0 aliphatic rings. The van der Waals surface area contributed by atoms with Crippen LogP contribution in [0.4, 0.5) is 0 Å². The molecule has 0 aliphatic heterocycles. The zero-order valence-corrected chi connectivity index (χ0v) is 10.0. The second-order valence-electron chi connectivity index (χ2n) is 3.46. The van der Waals surface area contributed by atoms with Crippen molar-refractivity contribution in [1.29, 1.82) is 0 Å². The molecule has 1 aromatic rings. The van der Waals surface area contributed by atoms with E-state index in [4.69, 9.17) is 28.3 Å². The van der Waals surface area contributed by atoms with E-state index in [-0.39, 0.29) is 27.8 Å². The number of ketones is 1. The lowest BCUT2D eigenvalue weighted by Crippen LogP contribution is -2.16. The SMILES string of the molecule is CC(CC(=O)O)C(=O)c1c(Cl)cccc1Cl. The van der Waals surface area contributed by atoms with Crippen LogP contribution in [0.2, 0.25) is 10.0 Å². The number of carbonyl (C=O) groups excluding carboxylic acids is 1. The number of hydrogen-bond donors (Lipinski definition) is 1. The Morgan fingerprint density at radius 2 is 1.81 bits per heavy atom. The average molecular weight is 261 g/mol. The molecule has 5 heteroatoms. The number of carboxylic acids is 1. The molecule has 0 saturated carbocycles. The van der Waals surface area contributed by atoms with Gasteiger partial charge in [0.25, 0.3) is 0 Å². The molecule has 1 atom stereocenters. The molecule has 1 rings (SSSR count). The summed E-state index contributed by atoms with van der Waals surface area (Å²) in [5.74, 6) is -2.02. The van der Waals surface area contributed by atoms with E-state index in [0.29, 0.717) is 0 Å². The average Bonchev–Trinajstić information content (AvgIpc) is 2.16. The van der Waals surface area contributed by atoms with Crippen LogP contribution in [-0.4, -0.2) is 16.9 Å². The van der Waals surface area contributed by atoms with E-state index in [1.54, 1.807) is 18.2 Å². The van der Waals surface area contributed by atoms with Gasteiger partial charge in [0.05, 0.1) is 22.0 Å². The van der Waals surface area contributed by atoms with Gasteiger partial charge >= 0.3 is 5.97 Å². The first kappa shape index (κ1) is 13.0. The van der Waals surface area contributed by atoms with Gasteiger partial charge in [0.15, 0.2) is 5.78 Å². The molecule has 0 saturated heterocycles. The maximum atomic E-state index is 11.9. The minimum absolute atomic E-state index is 0.194. The first-order valence-electron chi connectivity index (χ1n) is 4.63. The molecule has 1 unspecified atom stereocenters. The van der Waals surface area contributed by atoms with Crippen LogP contribution in [0.15, 0.2) is 18.2 Å². The summed E-state index contributed by atoms with van der Waals surface area (Å²) in [6, 6.07) is 4.73. The molecule has 0 amide bonds. The third kappa shape index (κ3) is 2.97. The van der Waals surface area contributed by atoms with E-state index in [1.807, 2.05) is 0 Å². The van der Waals surface area contributed by atoms with Gasteiger partial charge in [-0.3, -0.25) is 9.59 Å². The molecule has 0 heterocycles. The summed E-state index contributed by atoms with van der Waals surface area (Å²) in [5.41, 5.74) is 0.194. The number of hydrogen-bond acceptors (Lipinski definition) is 2. The molecule has 0 aromatic heterocycles. The van der Waals surface area contributed by atoms with E-state index < -0.39 is 11.9 Å². The van der Waals surface area contributed by atoms with Crippen molar-refractivity contribution in [3.8, 4) is 0 Å². The van der Waals surface area contributed by atoms with Gasteiger partial charge < -0.3 is 5.11 Å². The lowest BCUT2D eigenvalue weighted by atomic mass is 9.96. The largest absolute Gasteiger partial charge is 0.481 e. The van der Waals surface area contributed by atoms with E-state index in [2.05, 4.69) is 0 Å². The molecule has 0 spiro atoms. The van der Waals surface area contributed by atoms with Crippen LogP contribution in [0.5, 0.6) is 0 Å². The van der Waals surface area contributed by atoms with E-state index in [0.717, 1.165) is 0 Å². The fourth-order valence-corrected chi connectivity index (χ4v) is 1.92. The van der Waals surface area contributed by atoms with Gasteiger partial charge in [0, 0.05) is 5.92 Å². The lowest BCUT2D eigenvalue weighted by molar-refractivity contribution is -0.137. The van der Waals surface area contributed by atoms with Crippen LogP contribution < -0.4 is 0 Å². The zero-order valence-electron chi connectivity index (χ0n) is 8.54. The summed E-state index contributed by atoms with van der Waals surface area (Å²) in [5, 5.41) is 9.09. The van der Waals surface area contributed by atoms with Gasteiger partial charge in [-0.05, 0) is 12.1 Å². The van der Waals surface area contributed by atoms with Crippen molar-refractivity contribution in [1.82, 2.24) is 0 Å². The highest BCUT2D eigenvalue weighted by atomic mass is 35.5. The Kier molecular flexibility index (Phi) is 4.33. The fraction of sp³-hybridized carbons (Fsp3) is 0.273. The number of halogens is 2. The van der Waals surface area contributed by atoms with Gasteiger partial charge in [-0.25, -0.2) is 0 Å². The summed E-state index contributed by atoms with van der Waals surface area (Å²) in [7, 11) is 0. The molecule has 3 nitrogen and oxygen atoms in total. The van der Waals surface area contributed by atoms with Crippen molar-refractivity contribution >= 4 is 35.0 Å². The predicted molar refractivity (Wildman–Crippen MR) is 62.2 cm³/mol. The standard InChI is InChI=1S/C11H10Cl2O3/c1-6(5-9(14)15)11(16)10-7(12)3-2-4-8(10)13/h2-4,6H,5H2,1H3,(H,14,15). The summed E-state index contributed by atoms with van der Waals surface area (Å²) in [6.07, 6.45) is -0.236. The third-order valence-electron chi connectivity index (χ3n) is 2.14. The Hall–Kier alpha value is -1.06. The number of carboxylic acid groups (broad SMARTS) is 1. The predicted octanol–water partition coefficient (Wildman–Crippen LogP) is 3.29. The number of rotatable bonds is 4. The van der Waals surface area contributed by atoms with E-state index in [9.17, 15) is 9.59 Å². The second-order valence-corrected chi connectivity index (χ2v) is 4.27. The molecule has 16 heavy (non-hydrogen) atoms. The molecule has 1 N–H and O–H groups in total. The van der Waals surface area contributed by atoms with Gasteiger partial charge in [0.2, 0.25) is 0 Å². The van der Waals surface area contributed by atoms with Gasteiger partial charge in [0.1, 0.15) is 0 Å². The topological polar surface area (TPSA) is 54.4 Å². The number of aliphatic carboxylic acids is 1. The smallest absolute Gasteiger partial charge is 0.304 e. The van der Waals surface area contributed by atoms with Gasteiger partial charge in [-0.1, -0.05) is 36.2 Å². The first-order chi connectivity index (χ1) is 7.43. The van der Waals surface area contributed by atoms with Crippen molar-refractivity contribution in [2.24, 2.45) is 5.92 Å². The molecular formula is C11H10Cl2O3. The normalized spacial score (nSPS) is 12.2. The van der Waals surface area contributed by atoms with Crippen LogP contribution in [0.25, 0.3) is 0 Å². The summed E-state index contributed by atoms with van der Waals surface area (Å²) in [4.78, 5) is 22.4. The van der Waals surface area contributed by atoms with Crippen molar-refractivity contribution < 1.29 is 14.7 Å². The maximum absolute atomic E-state index is 11.9. The van der Waals surface area contributed by atoms with Gasteiger partial charge in [-0.15, -0.1) is 0 Å². The lowest BCUT2D eigenvalue weighted by Gasteiger charge is -2.10. The Bertz CT molecular complexity index is 409. The quantitative estimate of drug-likeness (QED) is 0.846. The molecular weight excluding hydrogens is 251 g/mol. The third-order valence-corrected chi connectivity index (χ3v) is 2.77. The maximum Gasteiger partial charge on any atom is 0.304 e. The fourth-order valence-electron chi connectivity index (χ4n) is 1.33. The highest BCUT2D eigenvalue weighted by Crippen LogP contribution is 2.27. The van der Waals surface area contributed by atoms with Crippen molar-refractivity contribution in [2.45, 2.75) is 13.3 Å². The Labute approximate surface area is 103 Å². The minimum Gasteiger partial charge on any atom is -0.481 e. The minimum atomic E-state index is -1.02. The van der Waals surface area contributed by atoms with E-state index in [1.165, 1.54) is 6.92 Å². The number of Topliss-reactive ketones (excluding diaryl/α,β-unsaturated/α-hetero) is 1. The Morgan fingerprint density at radius 3 is 2.25 bits per heavy atom. The second kappa shape index (κ2) is 5.32. The Balaban J connectivity index is 3.00. The summed E-state index contributed by atoms with van der Waals surface area (Å²) >= 11 is 11.7. The summed E-state index contributed by atoms with van der Waals surface area (Å²) in [6.45, 7) is 1.54. The Morgan fingerprint density at radius 1 is 1.31 bits per heavy atom. The number of benzene rings is 1. The van der Waals surface area contributed by atoms with Crippen LogP contribution in [0, 0.1) is 5.92 Å². The highest BCUT2D eigenvalue weighted by Gasteiger charge is 2.22. The van der Waals surface area contributed by atoms with Crippen molar-refractivity contribution in [3.63, 3.8) is 0 Å². The van der Waals surface area contributed by atoms with E-state index >= 15 is 0 Å². The molecule has 0 bridgehead atoms. The van der Waals surface area contributed by atoms with Crippen LogP contribution in [-0.2, 0) is 4.79 Å². The van der Waals surface area contributed by atoms with Crippen LogP contribution in [0.1, 0.15) is 23.7 Å². The molecule has 86 valence electrons. The zero-order chi connectivity index (χ0) is 12.3. The van der Waals surface area contributed by atoms with Crippen molar-refractivity contribution in [2.75, 3.05) is 0 Å². The molecule has 1 aromatic carbocycles. The van der Waals surface area contributed by atoms with Crippen molar-refractivity contribution in [3.05, 3.63) is 33.8 Å². The first-order valence-corrected chi connectivity index (χ1v) is 5.39. The summed E-state index contributed by atoms with van der Waals surface area (Å²) < 4.78 is 0. The number of carbonyl (C=O) groups is 2. The molecule has 0 radical (unpaired) electrons. The monoisotopic (exact) mass is 260 g/mol. The van der Waals surface area contributed by atoms with Crippen LogP contribution in [0.3, 0.4) is 0 Å². The molecule has 0 fully saturated rings. The van der Waals surface area contributed by atoms with Gasteiger partial charge in [-0.2, -0.15) is 0 Å². The molecule has 0 aliphatic carbocycles. The highest BCUT2D eigenvalue weighted by molar-refractivity contribution is 6.39. The van der Waals surface area contributed by atoms with Crippen LogP contribution >= 0.6 is 23.2 Å².